The fourth-order valence-electron chi connectivity index (χ4n) is 1.67. The van der Waals surface area contributed by atoms with Crippen molar-refractivity contribution in [3.63, 3.8) is 0 Å². The predicted molar refractivity (Wildman–Crippen MR) is 68.3 cm³/mol. The monoisotopic (exact) mass is 434 g/mol. The highest BCUT2D eigenvalue weighted by atomic mass is 79.9. The molecule has 1 aliphatic heterocycles. The van der Waals surface area contributed by atoms with Crippen LogP contribution < -0.4 is 0 Å². The Morgan fingerprint density at radius 2 is 1.88 bits per heavy atom. The molecule has 0 saturated carbocycles. The van der Waals surface area contributed by atoms with Gasteiger partial charge in [0.25, 0.3) is 0 Å². The van der Waals surface area contributed by atoms with Gasteiger partial charge in [0.05, 0.1) is 6.61 Å². The molecule has 0 spiro atoms. The van der Waals surface area contributed by atoms with Crippen molar-refractivity contribution < 1.29 is 20.1 Å². The molecule has 1 saturated heterocycles. The van der Waals surface area contributed by atoms with Crippen LogP contribution in [0.1, 0.15) is 6.23 Å². The zero-order chi connectivity index (χ0) is 12.7. The van der Waals surface area contributed by atoms with E-state index in [1.807, 2.05) is 0 Å². The summed E-state index contributed by atoms with van der Waals surface area (Å²) in [6.45, 7) is -0.361. The number of hydrogen-bond acceptors (Lipinski definition) is 5. The van der Waals surface area contributed by atoms with Crippen molar-refractivity contribution in [2.24, 2.45) is 0 Å². The van der Waals surface area contributed by atoms with Crippen LogP contribution in [-0.2, 0) is 4.74 Å². The van der Waals surface area contributed by atoms with Crippen molar-refractivity contribution in [2.45, 2.75) is 24.5 Å². The standard InChI is InChI=1S/C8H9Br3N2O4/c9-5-6(10)13(8(11)12-5)7-4(16)3(15)2(1-14)17-7/h2-4,7,14-16H,1H2/t2-,3-,4+,7-/m1/s1. The molecule has 96 valence electrons. The summed E-state index contributed by atoms with van der Waals surface area (Å²) in [5.41, 5.74) is 0. The third-order valence-electron chi connectivity index (χ3n) is 2.54. The van der Waals surface area contributed by atoms with Crippen LogP contribution in [0.15, 0.2) is 13.9 Å². The summed E-state index contributed by atoms with van der Waals surface area (Å²) in [6, 6.07) is 0. The lowest BCUT2D eigenvalue weighted by Gasteiger charge is -2.18. The maximum Gasteiger partial charge on any atom is 0.181 e. The van der Waals surface area contributed by atoms with Gasteiger partial charge in [0.15, 0.2) is 11.0 Å². The molecule has 0 amide bonds. The maximum absolute atomic E-state index is 9.88. The minimum absolute atomic E-state index is 0.361. The molecular weight excluding hydrogens is 428 g/mol. The zero-order valence-corrected chi connectivity index (χ0v) is 13.1. The van der Waals surface area contributed by atoms with Crippen molar-refractivity contribution in [2.75, 3.05) is 6.61 Å². The number of ether oxygens (including phenoxy) is 1. The summed E-state index contributed by atoms with van der Waals surface area (Å²) in [5.74, 6) is 0. The zero-order valence-electron chi connectivity index (χ0n) is 8.29. The number of aromatic nitrogens is 2. The number of aliphatic hydroxyl groups is 3. The molecule has 1 aliphatic rings. The molecule has 1 aromatic rings. The first kappa shape index (κ1) is 13.9. The first-order valence-corrected chi connectivity index (χ1v) is 7.06. The lowest BCUT2D eigenvalue weighted by atomic mass is 10.1. The Hall–Kier alpha value is 0.490. The van der Waals surface area contributed by atoms with Gasteiger partial charge in [-0.05, 0) is 47.8 Å². The molecule has 0 bridgehead atoms. The molecular formula is C8H9Br3N2O4. The highest BCUT2D eigenvalue weighted by Gasteiger charge is 2.44. The number of halogens is 3. The Morgan fingerprint density at radius 3 is 2.29 bits per heavy atom. The lowest BCUT2D eigenvalue weighted by molar-refractivity contribution is -0.0548. The van der Waals surface area contributed by atoms with Gasteiger partial charge < -0.3 is 20.1 Å². The van der Waals surface area contributed by atoms with Gasteiger partial charge >= 0.3 is 0 Å². The highest BCUT2D eigenvalue weighted by molar-refractivity contribution is 9.13. The van der Waals surface area contributed by atoms with E-state index < -0.39 is 24.5 Å². The van der Waals surface area contributed by atoms with Crippen LogP contribution in [0.4, 0.5) is 0 Å². The summed E-state index contributed by atoms with van der Waals surface area (Å²) in [7, 11) is 0. The summed E-state index contributed by atoms with van der Waals surface area (Å²) < 4.78 is 8.47. The first-order chi connectivity index (χ1) is 7.97. The SMILES string of the molecule is OC[C@H]1O[C@@H](n2c(Br)nc(Br)c2Br)[C@@H](O)[C@@H]1O. The van der Waals surface area contributed by atoms with E-state index in [9.17, 15) is 10.2 Å². The van der Waals surface area contributed by atoms with Gasteiger partial charge in [0.1, 0.15) is 27.5 Å². The third-order valence-corrected chi connectivity index (χ3v) is 4.94. The Bertz CT molecular complexity index is 427. The summed E-state index contributed by atoms with van der Waals surface area (Å²) in [6.07, 6.45) is -3.90. The highest BCUT2D eigenvalue weighted by Crippen LogP contribution is 2.37. The van der Waals surface area contributed by atoms with Crippen LogP contribution in [0.3, 0.4) is 0 Å². The Balaban J connectivity index is 2.35. The van der Waals surface area contributed by atoms with E-state index >= 15 is 0 Å². The first-order valence-electron chi connectivity index (χ1n) is 4.68. The normalized spacial score (nSPS) is 33.3. The Labute approximate surface area is 122 Å². The summed E-state index contributed by atoms with van der Waals surface area (Å²) >= 11 is 9.74. The molecule has 0 radical (unpaired) electrons. The molecule has 0 aromatic carbocycles. The van der Waals surface area contributed by atoms with E-state index in [1.54, 1.807) is 0 Å². The minimum Gasteiger partial charge on any atom is -0.394 e. The van der Waals surface area contributed by atoms with Crippen molar-refractivity contribution in [1.29, 1.82) is 0 Å². The van der Waals surface area contributed by atoms with Gasteiger partial charge in [-0.15, -0.1) is 0 Å². The Kier molecular flexibility index (Phi) is 4.28. The molecule has 9 heteroatoms. The molecule has 3 N–H and O–H groups in total. The van der Waals surface area contributed by atoms with Crippen molar-refractivity contribution in [3.8, 4) is 0 Å². The predicted octanol–water partition coefficient (Wildman–Crippen LogP) is 0.782. The number of aliphatic hydroxyl groups excluding tert-OH is 3. The molecule has 0 aliphatic carbocycles. The number of nitrogens with zero attached hydrogens (tertiary/aromatic N) is 2. The topological polar surface area (TPSA) is 87.7 Å². The van der Waals surface area contributed by atoms with Crippen LogP contribution in [-0.4, -0.2) is 49.8 Å². The average Bonchev–Trinajstić information content (AvgIpc) is 2.69. The molecule has 4 atom stereocenters. The molecule has 17 heavy (non-hydrogen) atoms. The molecule has 6 nitrogen and oxygen atoms in total. The van der Waals surface area contributed by atoms with Crippen molar-refractivity contribution in [3.05, 3.63) is 13.9 Å². The van der Waals surface area contributed by atoms with Crippen molar-refractivity contribution in [1.82, 2.24) is 9.55 Å². The van der Waals surface area contributed by atoms with Gasteiger partial charge in [-0.25, -0.2) is 4.98 Å². The van der Waals surface area contributed by atoms with E-state index in [-0.39, 0.29) is 6.61 Å². The van der Waals surface area contributed by atoms with E-state index in [4.69, 9.17) is 9.84 Å². The fraction of sp³-hybridized carbons (Fsp3) is 0.625. The van der Waals surface area contributed by atoms with E-state index in [2.05, 4.69) is 52.8 Å². The van der Waals surface area contributed by atoms with Crippen LogP contribution in [0.2, 0.25) is 0 Å². The van der Waals surface area contributed by atoms with Crippen LogP contribution in [0, 0.1) is 0 Å². The molecule has 2 heterocycles. The van der Waals surface area contributed by atoms with E-state index in [1.165, 1.54) is 4.57 Å². The lowest BCUT2D eigenvalue weighted by Crippen LogP contribution is -2.33. The van der Waals surface area contributed by atoms with Crippen LogP contribution in [0.25, 0.3) is 0 Å². The molecule has 1 aromatic heterocycles. The van der Waals surface area contributed by atoms with Gasteiger partial charge in [0.2, 0.25) is 0 Å². The summed E-state index contributed by atoms with van der Waals surface area (Å²) in [4.78, 5) is 4.08. The second kappa shape index (κ2) is 5.24. The van der Waals surface area contributed by atoms with Gasteiger partial charge in [-0.2, -0.15) is 0 Å². The fourth-order valence-corrected chi connectivity index (χ4v) is 3.52. The molecule has 2 rings (SSSR count). The van der Waals surface area contributed by atoms with E-state index in [0.29, 0.717) is 13.9 Å². The average molecular weight is 437 g/mol. The number of hydrogen-bond donors (Lipinski definition) is 3. The second-order valence-electron chi connectivity index (χ2n) is 3.56. The molecule has 0 unspecified atom stereocenters. The molecule has 1 fully saturated rings. The van der Waals surface area contributed by atoms with Gasteiger partial charge in [0, 0.05) is 0 Å². The second-order valence-corrected chi connectivity index (χ2v) is 5.77. The maximum atomic E-state index is 9.88. The number of imidazole rings is 1. The van der Waals surface area contributed by atoms with Crippen LogP contribution >= 0.6 is 47.8 Å². The van der Waals surface area contributed by atoms with E-state index in [0.717, 1.165) is 0 Å². The summed E-state index contributed by atoms with van der Waals surface area (Å²) in [5, 5.41) is 28.6. The van der Waals surface area contributed by atoms with Crippen molar-refractivity contribution >= 4 is 47.8 Å². The van der Waals surface area contributed by atoms with Gasteiger partial charge in [-0.3, -0.25) is 4.57 Å². The Morgan fingerprint density at radius 1 is 1.24 bits per heavy atom. The van der Waals surface area contributed by atoms with Crippen LogP contribution in [0.5, 0.6) is 0 Å². The smallest absolute Gasteiger partial charge is 0.181 e. The minimum atomic E-state index is -1.14. The van der Waals surface area contributed by atoms with Gasteiger partial charge in [-0.1, -0.05) is 0 Å². The quantitative estimate of drug-likeness (QED) is 0.638. The largest absolute Gasteiger partial charge is 0.394 e. The number of rotatable bonds is 2. The third kappa shape index (κ3) is 2.34.